The molecule has 94 valence electrons. The Hall–Kier alpha value is -0.870. The molecule has 0 atom stereocenters. The number of rotatable bonds is 5. The lowest BCUT2D eigenvalue weighted by molar-refractivity contribution is -0.128. The molecule has 0 aromatic heterocycles. The van der Waals surface area contributed by atoms with Crippen LogP contribution in [0.15, 0.2) is 22.7 Å². The Balaban J connectivity index is 2.34. The van der Waals surface area contributed by atoms with Crippen molar-refractivity contribution in [1.29, 1.82) is 0 Å². The number of hydrogen-bond acceptors (Lipinski definition) is 2. The molecule has 1 aromatic carbocycles. The summed E-state index contributed by atoms with van der Waals surface area (Å²) in [7, 11) is 3.55. The Morgan fingerprint density at radius 2 is 2.12 bits per heavy atom. The molecule has 0 spiro atoms. The lowest BCUT2D eigenvalue weighted by Crippen LogP contribution is -2.26. The molecule has 1 aromatic rings. The van der Waals surface area contributed by atoms with Crippen LogP contribution in [0.1, 0.15) is 17.5 Å². The maximum absolute atomic E-state index is 11.3. The van der Waals surface area contributed by atoms with Gasteiger partial charge in [0.2, 0.25) is 5.91 Å². The molecule has 1 rings (SSSR count). The summed E-state index contributed by atoms with van der Waals surface area (Å²) in [6, 6.07) is 6.29. The van der Waals surface area contributed by atoms with Gasteiger partial charge in [-0.25, -0.2) is 0 Å². The third-order valence-corrected chi connectivity index (χ3v) is 3.28. The van der Waals surface area contributed by atoms with E-state index in [1.54, 1.807) is 19.0 Å². The molecular weight excluding hydrogens is 280 g/mol. The second-order valence-electron chi connectivity index (χ2n) is 4.31. The maximum atomic E-state index is 11.3. The van der Waals surface area contributed by atoms with E-state index in [4.69, 9.17) is 0 Å². The van der Waals surface area contributed by atoms with E-state index in [1.165, 1.54) is 11.1 Å². The van der Waals surface area contributed by atoms with Crippen LogP contribution in [0.2, 0.25) is 0 Å². The Labute approximate surface area is 111 Å². The normalized spacial score (nSPS) is 10.4. The van der Waals surface area contributed by atoms with Crippen LogP contribution in [-0.2, 0) is 11.3 Å². The van der Waals surface area contributed by atoms with E-state index in [9.17, 15) is 4.79 Å². The van der Waals surface area contributed by atoms with Gasteiger partial charge in [0, 0.05) is 38.1 Å². The summed E-state index contributed by atoms with van der Waals surface area (Å²) < 4.78 is 1.11. The molecule has 0 fully saturated rings. The van der Waals surface area contributed by atoms with Gasteiger partial charge in [0.15, 0.2) is 0 Å². The molecule has 0 radical (unpaired) electrons. The molecule has 0 bridgehead atoms. The number of carbonyl (C=O) groups is 1. The number of nitrogens with one attached hydrogen (secondary N) is 1. The third-order valence-electron chi connectivity index (χ3n) is 2.54. The lowest BCUT2D eigenvalue weighted by atomic mass is 10.1. The van der Waals surface area contributed by atoms with Gasteiger partial charge in [0.25, 0.3) is 0 Å². The number of aryl methyl sites for hydroxylation is 1. The van der Waals surface area contributed by atoms with Crippen molar-refractivity contribution < 1.29 is 4.79 Å². The van der Waals surface area contributed by atoms with E-state index in [2.05, 4.69) is 46.4 Å². The number of amides is 1. The summed E-state index contributed by atoms with van der Waals surface area (Å²) >= 11 is 3.54. The van der Waals surface area contributed by atoms with Gasteiger partial charge in [0.1, 0.15) is 0 Å². The Kier molecular flexibility index (Phi) is 5.65. The SMILES string of the molecule is Cc1ccc(CNCCC(=O)N(C)C)c(Br)c1. The largest absolute Gasteiger partial charge is 0.349 e. The lowest BCUT2D eigenvalue weighted by Gasteiger charge is -2.11. The smallest absolute Gasteiger partial charge is 0.223 e. The molecule has 17 heavy (non-hydrogen) atoms. The van der Waals surface area contributed by atoms with Gasteiger partial charge >= 0.3 is 0 Å². The van der Waals surface area contributed by atoms with Crippen LogP contribution in [0.4, 0.5) is 0 Å². The van der Waals surface area contributed by atoms with Crippen LogP contribution < -0.4 is 5.32 Å². The van der Waals surface area contributed by atoms with Gasteiger partial charge in [0.05, 0.1) is 0 Å². The van der Waals surface area contributed by atoms with Crippen LogP contribution in [0.3, 0.4) is 0 Å². The van der Waals surface area contributed by atoms with Gasteiger partial charge in [-0.1, -0.05) is 28.1 Å². The second kappa shape index (κ2) is 6.77. The van der Waals surface area contributed by atoms with Gasteiger partial charge in [-0.2, -0.15) is 0 Å². The quantitative estimate of drug-likeness (QED) is 0.846. The van der Waals surface area contributed by atoms with Crippen molar-refractivity contribution in [2.45, 2.75) is 19.9 Å². The highest BCUT2D eigenvalue weighted by Gasteiger charge is 2.03. The zero-order valence-electron chi connectivity index (χ0n) is 10.6. The molecule has 3 nitrogen and oxygen atoms in total. The number of benzene rings is 1. The summed E-state index contributed by atoms with van der Waals surface area (Å²) in [6.07, 6.45) is 0.538. The summed E-state index contributed by atoms with van der Waals surface area (Å²) in [5.41, 5.74) is 2.45. The van der Waals surface area contributed by atoms with E-state index >= 15 is 0 Å². The van der Waals surface area contributed by atoms with Crippen molar-refractivity contribution in [3.63, 3.8) is 0 Å². The average Bonchev–Trinajstić information content (AvgIpc) is 2.26. The Morgan fingerprint density at radius 3 is 2.71 bits per heavy atom. The second-order valence-corrected chi connectivity index (χ2v) is 5.16. The van der Waals surface area contributed by atoms with E-state index in [-0.39, 0.29) is 5.91 Å². The third kappa shape index (κ3) is 4.88. The molecule has 0 unspecified atom stereocenters. The minimum atomic E-state index is 0.153. The van der Waals surface area contributed by atoms with Gasteiger partial charge in [-0.05, 0) is 24.1 Å². The number of nitrogens with zero attached hydrogens (tertiary/aromatic N) is 1. The standard InChI is InChI=1S/C13H19BrN2O/c1-10-4-5-11(12(14)8-10)9-15-7-6-13(17)16(2)3/h4-5,8,15H,6-7,9H2,1-3H3. The van der Waals surface area contributed by atoms with Crippen molar-refractivity contribution in [2.75, 3.05) is 20.6 Å². The molecule has 0 aliphatic carbocycles. The van der Waals surface area contributed by atoms with Crippen LogP contribution in [0.25, 0.3) is 0 Å². The van der Waals surface area contributed by atoms with Crippen molar-refractivity contribution in [3.05, 3.63) is 33.8 Å². The van der Waals surface area contributed by atoms with E-state index < -0.39 is 0 Å². The topological polar surface area (TPSA) is 32.3 Å². The molecule has 0 aliphatic heterocycles. The van der Waals surface area contributed by atoms with Crippen LogP contribution in [0.5, 0.6) is 0 Å². The average molecular weight is 299 g/mol. The van der Waals surface area contributed by atoms with Crippen LogP contribution >= 0.6 is 15.9 Å². The van der Waals surface area contributed by atoms with Crippen LogP contribution in [0, 0.1) is 6.92 Å². The number of hydrogen-bond donors (Lipinski definition) is 1. The minimum absolute atomic E-state index is 0.153. The molecule has 0 heterocycles. The molecule has 0 saturated heterocycles. The summed E-state index contributed by atoms with van der Waals surface area (Å²) in [4.78, 5) is 13.0. The van der Waals surface area contributed by atoms with Crippen molar-refractivity contribution in [1.82, 2.24) is 10.2 Å². The van der Waals surface area contributed by atoms with E-state index in [0.29, 0.717) is 13.0 Å². The van der Waals surface area contributed by atoms with Gasteiger partial charge in [-0.3, -0.25) is 4.79 Å². The van der Waals surface area contributed by atoms with Gasteiger partial charge in [-0.15, -0.1) is 0 Å². The van der Waals surface area contributed by atoms with E-state index in [0.717, 1.165) is 11.0 Å². The first-order chi connectivity index (χ1) is 8.00. The van der Waals surface area contributed by atoms with Crippen molar-refractivity contribution in [2.24, 2.45) is 0 Å². The highest BCUT2D eigenvalue weighted by molar-refractivity contribution is 9.10. The molecule has 0 saturated carbocycles. The molecule has 4 heteroatoms. The molecule has 1 amide bonds. The summed E-state index contributed by atoms with van der Waals surface area (Å²) in [5.74, 6) is 0.153. The maximum Gasteiger partial charge on any atom is 0.223 e. The zero-order chi connectivity index (χ0) is 12.8. The molecular formula is C13H19BrN2O. The highest BCUT2D eigenvalue weighted by atomic mass is 79.9. The predicted molar refractivity (Wildman–Crippen MR) is 73.9 cm³/mol. The molecule has 0 aliphatic rings. The summed E-state index contributed by atoms with van der Waals surface area (Å²) in [6.45, 7) is 3.55. The number of halogens is 1. The first-order valence-corrected chi connectivity index (χ1v) is 6.46. The highest BCUT2D eigenvalue weighted by Crippen LogP contribution is 2.17. The fourth-order valence-electron chi connectivity index (χ4n) is 1.44. The fourth-order valence-corrected chi connectivity index (χ4v) is 2.07. The van der Waals surface area contributed by atoms with Crippen molar-refractivity contribution >= 4 is 21.8 Å². The molecule has 1 N–H and O–H groups in total. The summed E-state index contributed by atoms with van der Waals surface area (Å²) in [5, 5.41) is 3.27. The number of carbonyl (C=O) groups excluding carboxylic acids is 1. The van der Waals surface area contributed by atoms with E-state index in [1.807, 2.05) is 0 Å². The first kappa shape index (κ1) is 14.2. The fraction of sp³-hybridized carbons (Fsp3) is 0.462. The first-order valence-electron chi connectivity index (χ1n) is 5.66. The monoisotopic (exact) mass is 298 g/mol. The predicted octanol–water partition coefficient (Wildman–Crippen LogP) is 2.33. The zero-order valence-corrected chi connectivity index (χ0v) is 12.2. The van der Waals surface area contributed by atoms with Crippen molar-refractivity contribution in [3.8, 4) is 0 Å². The Morgan fingerprint density at radius 1 is 1.41 bits per heavy atom. The minimum Gasteiger partial charge on any atom is -0.349 e. The van der Waals surface area contributed by atoms with Gasteiger partial charge < -0.3 is 10.2 Å². The Bertz CT molecular complexity index is 391. The van der Waals surface area contributed by atoms with Crippen LogP contribution in [-0.4, -0.2) is 31.4 Å².